The van der Waals surface area contributed by atoms with E-state index in [1.165, 1.54) is 72.4 Å². The molecule has 10 aromatic rings. The lowest BCUT2D eigenvalue weighted by Crippen LogP contribution is -2.41. The Hall–Kier alpha value is -7.91. The van der Waals surface area contributed by atoms with Gasteiger partial charge in [-0.05, 0) is 274 Å². The standard InChI is InChI=1S/C40H41BN2O2.C34H29BrN2.C12H24B2O4/c1-26-9-15-30(16-10-26)43(31-17-11-27(2)12-18-31)32-19-21-34-33-20-13-28(23-35(33)38(3,4)36(34)24-32)37-22-14-29(25-42-37)41-44-39(5,6)40(7,8)45-41;1-22-5-11-26(12-6-22)37(27-13-7-23(2)8-14-27)28-15-17-30-29-16-9-24(33-18-10-25(35)21-36-33)19-31(29)34(3,4)32(30)20-28;1-9(2)10(3,4)16-13(15-9)14-17-11(5,6)12(7,8)18-14/h9-25H,1-8H3;5-21H,1-4H3;1-8H3. The van der Waals surface area contributed by atoms with Crippen LogP contribution in [0.15, 0.2) is 211 Å². The smallest absolute Gasteiger partial charge is 0.405 e. The van der Waals surface area contributed by atoms with Gasteiger partial charge in [0, 0.05) is 78.4 Å². The van der Waals surface area contributed by atoms with E-state index in [2.05, 4.69) is 302 Å². The molecule has 10 nitrogen and oxygen atoms in total. The van der Waals surface area contributed by atoms with Crippen molar-refractivity contribution in [1.29, 1.82) is 0 Å². The molecule has 3 saturated heterocycles. The van der Waals surface area contributed by atoms with Crippen LogP contribution in [-0.2, 0) is 38.8 Å². The first-order valence-electron chi connectivity index (χ1n) is 35.1. The van der Waals surface area contributed by atoms with Gasteiger partial charge >= 0.3 is 21.1 Å². The van der Waals surface area contributed by atoms with Crippen molar-refractivity contribution in [3.63, 3.8) is 0 Å². The molecule has 510 valence electrons. The van der Waals surface area contributed by atoms with Gasteiger partial charge in [0.1, 0.15) is 0 Å². The Kier molecular flexibility index (Phi) is 18.2. The number of hydrogen-bond donors (Lipinski definition) is 0. The van der Waals surface area contributed by atoms with Crippen molar-refractivity contribution in [2.75, 3.05) is 9.80 Å². The van der Waals surface area contributed by atoms with Gasteiger partial charge in [0.25, 0.3) is 0 Å². The van der Waals surface area contributed by atoms with E-state index < -0.39 is 21.1 Å². The van der Waals surface area contributed by atoms with Crippen LogP contribution in [0.5, 0.6) is 0 Å². The fourth-order valence-corrected chi connectivity index (χ4v) is 14.2. The first kappa shape index (κ1) is 70.5. The molecule has 3 aliphatic heterocycles. The maximum Gasteiger partial charge on any atom is 0.496 e. The summed E-state index contributed by atoms with van der Waals surface area (Å²) < 4.78 is 37.3. The Morgan fingerprint density at radius 2 is 0.580 bits per heavy atom. The highest BCUT2D eigenvalue weighted by Gasteiger charge is 2.64. The Labute approximate surface area is 603 Å². The number of fused-ring (bicyclic) bond motifs is 6. The normalized spacial score (nSPS) is 18.4. The van der Waals surface area contributed by atoms with E-state index in [-0.39, 0.29) is 44.4 Å². The van der Waals surface area contributed by atoms with Crippen molar-refractivity contribution in [2.45, 2.75) is 183 Å². The van der Waals surface area contributed by atoms with Crippen LogP contribution in [0.25, 0.3) is 44.8 Å². The van der Waals surface area contributed by atoms with Crippen LogP contribution in [0.1, 0.15) is 155 Å². The first-order valence-corrected chi connectivity index (χ1v) is 35.9. The molecule has 5 heterocycles. The lowest BCUT2D eigenvalue weighted by Gasteiger charge is -2.32. The summed E-state index contributed by atoms with van der Waals surface area (Å²) in [4.78, 5) is 14.2. The molecule has 0 radical (unpaired) electrons. The predicted octanol–water partition coefficient (Wildman–Crippen LogP) is 21.6. The number of aromatic nitrogens is 2. The van der Waals surface area contributed by atoms with Crippen molar-refractivity contribution in [1.82, 2.24) is 9.97 Å². The number of pyridine rings is 2. The third-order valence-electron chi connectivity index (χ3n) is 22.4. The van der Waals surface area contributed by atoms with Gasteiger partial charge in [0.2, 0.25) is 0 Å². The number of hydrogen-bond acceptors (Lipinski definition) is 10. The fourth-order valence-electron chi connectivity index (χ4n) is 14.0. The Morgan fingerprint density at radius 3 is 0.880 bits per heavy atom. The molecule has 3 fully saturated rings. The third-order valence-corrected chi connectivity index (χ3v) is 22.9. The zero-order valence-corrected chi connectivity index (χ0v) is 63.6. The van der Waals surface area contributed by atoms with Crippen molar-refractivity contribution in [3.05, 3.63) is 255 Å². The van der Waals surface area contributed by atoms with E-state index in [0.717, 1.165) is 60.9 Å². The molecule has 15 rings (SSSR count). The lowest BCUT2D eigenvalue weighted by atomic mass is 9.49. The Balaban J connectivity index is 0.000000146. The van der Waals surface area contributed by atoms with E-state index in [1.54, 1.807) is 0 Å². The Morgan fingerprint density at radius 1 is 0.300 bits per heavy atom. The lowest BCUT2D eigenvalue weighted by molar-refractivity contribution is 0.00578. The van der Waals surface area contributed by atoms with E-state index in [4.69, 9.17) is 32.9 Å². The molecule has 2 aliphatic carbocycles. The number of aryl methyl sites for hydroxylation is 4. The summed E-state index contributed by atoms with van der Waals surface area (Å²) in [7, 11) is -1.37. The summed E-state index contributed by atoms with van der Waals surface area (Å²) >= 11 is 3.50. The summed E-state index contributed by atoms with van der Waals surface area (Å²) in [6, 6.07) is 70.8. The van der Waals surface area contributed by atoms with Gasteiger partial charge in [-0.2, -0.15) is 0 Å². The van der Waals surface area contributed by atoms with Crippen LogP contribution in [0, 0.1) is 27.7 Å². The highest BCUT2D eigenvalue weighted by atomic mass is 79.9. The molecule has 2 aromatic heterocycles. The molecule has 0 saturated carbocycles. The van der Waals surface area contributed by atoms with Crippen molar-refractivity contribution in [2.24, 2.45) is 0 Å². The van der Waals surface area contributed by atoms with Gasteiger partial charge in [-0.25, -0.2) is 0 Å². The predicted molar refractivity (Wildman–Crippen MR) is 418 cm³/mol. The minimum atomic E-state index is -0.476. The molecule has 0 spiro atoms. The molecule has 0 bridgehead atoms. The van der Waals surface area contributed by atoms with Crippen LogP contribution in [0.2, 0.25) is 0 Å². The molecule has 8 aromatic carbocycles. The SMILES string of the molecule is CC1(C)OB(B2OC(C)(C)C(C)(C)O2)OC1(C)C.Cc1ccc(N(c2ccc(C)cc2)c2ccc3c(c2)C(C)(C)c2cc(-c4ccc(B5OC(C)(C)C(C)(C)O5)cn4)ccc2-3)cc1.Cc1ccc(N(c2ccc(C)cc2)c2ccc3c(c2)C(C)(C)c2cc(-c4ccc(Br)cn4)ccc2-3)cc1. The zero-order valence-electron chi connectivity index (χ0n) is 62.0. The van der Waals surface area contributed by atoms with Gasteiger partial charge in [-0.15, -0.1) is 0 Å². The highest BCUT2D eigenvalue weighted by molar-refractivity contribution is 9.10. The van der Waals surface area contributed by atoms with Gasteiger partial charge in [-0.3, -0.25) is 9.97 Å². The largest absolute Gasteiger partial charge is 0.496 e. The van der Waals surface area contributed by atoms with Crippen molar-refractivity contribution < 1.29 is 27.9 Å². The maximum absolute atomic E-state index is 6.25. The second-order valence-corrected chi connectivity index (χ2v) is 32.8. The number of nitrogens with zero attached hydrogens (tertiary/aromatic N) is 4. The van der Waals surface area contributed by atoms with E-state index in [1.807, 2.05) is 73.8 Å². The number of benzene rings is 8. The van der Waals surface area contributed by atoms with Crippen LogP contribution in [0.3, 0.4) is 0 Å². The van der Waals surface area contributed by atoms with Crippen molar-refractivity contribution >= 4 is 76.7 Å². The maximum atomic E-state index is 6.25. The third kappa shape index (κ3) is 13.2. The number of rotatable bonds is 10. The molecule has 14 heteroatoms. The average Bonchev–Trinajstić information content (AvgIpc) is 1.58. The Bertz CT molecular complexity index is 4520. The highest BCUT2D eigenvalue weighted by Crippen LogP contribution is 2.54. The molecular formula is C86H94B3BrN4O6. The summed E-state index contributed by atoms with van der Waals surface area (Å²) in [5, 5.41) is 0. The molecule has 0 unspecified atom stereocenters. The summed E-state index contributed by atoms with van der Waals surface area (Å²) in [6.45, 7) is 42.4. The van der Waals surface area contributed by atoms with Gasteiger partial charge in [0.05, 0.1) is 45.0 Å². The molecule has 100 heavy (non-hydrogen) atoms. The molecule has 0 amide bonds. The molecule has 5 aliphatic rings. The molecular weight excluding hydrogens is 1300 g/mol. The minimum absolute atomic E-state index is 0.127. The summed E-state index contributed by atoms with van der Waals surface area (Å²) in [6.07, 6.45) is 3.75. The fraction of sp³-hybridized carbons (Fsp3) is 0.326. The van der Waals surface area contributed by atoms with E-state index in [9.17, 15) is 0 Å². The monoisotopic (exact) mass is 1390 g/mol. The number of anilines is 6. The minimum Gasteiger partial charge on any atom is -0.405 e. The van der Waals surface area contributed by atoms with Crippen LogP contribution < -0.4 is 15.3 Å². The molecule has 0 N–H and O–H groups in total. The topological polar surface area (TPSA) is 87.6 Å². The average molecular weight is 1390 g/mol. The first-order chi connectivity index (χ1) is 47.0. The van der Waals surface area contributed by atoms with Gasteiger partial charge < -0.3 is 37.7 Å². The summed E-state index contributed by atoms with van der Waals surface area (Å²) in [5.41, 5.74) is 25.1. The quantitative estimate of drug-likeness (QED) is 0.123. The van der Waals surface area contributed by atoms with Crippen LogP contribution in [0.4, 0.5) is 34.1 Å². The second-order valence-electron chi connectivity index (χ2n) is 31.9. The van der Waals surface area contributed by atoms with E-state index in [0.29, 0.717) is 0 Å². The van der Waals surface area contributed by atoms with Crippen LogP contribution >= 0.6 is 15.9 Å². The van der Waals surface area contributed by atoms with Gasteiger partial charge in [0.15, 0.2) is 0 Å². The summed E-state index contributed by atoms with van der Waals surface area (Å²) in [5.74, 6) is 0. The zero-order chi connectivity index (χ0) is 71.4. The van der Waals surface area contributed by atoms with Gasteiger partial charge in [-0.1, -0.05) is 141 Å². The van der Waals surface area contributed by atoms with Crippen molar-refractivity contribution in [3.8, 4) is 44.8 Å². The van der Waals surface area contributed by atoms with Crippen LogP contribution in [-0.4, -0.2) is 64.7 Å². The number of halogens is 1. The van der Waals surface area contributed by atoms with E-state index >= 15 is 0 Å². The molecule has 0 atom stereocenters. The second kappa shape index (κ2) is 25.9.